The van der Waals surface area contributed by atoms with Crippen molar-refractivity contribution in [3.63, 3.8) is 0 Å². The first-order valence-electron chi connectivity index (χ1n) is 3.91. The van der Waals surface area contributed by atoms with Gasteiger partial charge in [0.15, 0.2) is 5.69 Å². The first-order chi connectivity index (χ1) is 7.25. The van der Waals surface area contributed by atoms with Crippen LogP contribution < -0.4 is 5.32 Å². The van der Waals surface area contributed by atoms with Gasteiger partial charge in [0.05, 0.1) is 6.20 Å². The summed E-state index contributed by atoms with van der Waals surface area (Å²) in [4.78, 5) is 19.0. The van der Waals surface area contributed by atoms with Gasteiger partial charge in [-0.25, -0.2) is 9.97 Å². The second-order valence-electron chi connectivity index (χ2n) is 2.51. The summed E-state index contributed by atoms with van der Waals surface area (Å²) in [7, 11) is 0. The van der Waals surface area contributed by atoms with Gasteiger partial charge in [-0.15, -0.1) is 0 Å². The van der Waals surface area contributed by atoms with Gasteiger partial charge in [0.2, 0.25) is 5.95 Å². The zero-order valence-electron chi connectivity index (χ0n) is 7.31. The Balaban J connectivity index is 2.13. The molecule has 0 unspecified atom stereocenters. The van der Waals surface area contributed by atoms with Crippen molar-refractivity contribution in [1.29, 1.82) is 0 Å². The summed E-state index contributed by atoms with van der Waals surface area (Å²) in [6.45, 7) is 0. The molecule has 8 heteroatoms. The molecule has 0 fully saturated rings. The van der Waals surface area contributed by atoms with Crippen molar-refractivity contribution in [3.8, 4) is 0 Å². The molecule has 2 aromatic rings. The number of amides is 1. The van der Waals surface area contributed by atoms with E-state index >= 15 is 0 Å². The summed E-state index contributed by atoms with van der Waals surface area (Å²) < 4.78 is 0. The molecule has 0 aromatic carbocycles. The van der Waals surface area contributed by atoms with Crippen molar-refractivity contribution in [1.82, 2.24) is 25.4 Å². The van der Waals surface area contributed by atoms with Crippen LogP contribution in [0.4, 0.5) is 5.95 Å². The Bertz CT molecular complexity index is 470. The maximum Gasteiger partial charge on any atom is 0.280 e. The van der Waals surface area contributed by atoms with Gasteiger partial charge in [-0.05, 0) is 6.07 Å². The quantitative estimate of drug-likeness (QED) is 0.724. The summed E-state index contributed by atoms with van der Waals surface area (Å²) in [6, 6.07) is 1.51. The Morgan fingerprint density at radius 1 is 1.53 bits per heavy atom. The molecule has 76 valence electrons. The van der Waals surface area contributed by atoms with Crippen LogP contribution in [0.1, 0.15) is 10.5 Å². The number of hydrogen-bond acceptors (Lipinski definition) is 5. The number of H-pyrrole nitrogens is 1. The van der Waals surface area contributed by atoms with E-state index in [0.29, 0.717) is 0 Å². The zero-order chi connectivity index (χ0) is 10.7. The van der Waals surface area contributed by atoms with Gasteiger partial charge in [0.25, 0.3) is 5.91 Å². The fraction of sp³-hybridized carbons (Fsp3) is 0. The molecule has 2 rings (SSSR count). The second kappa shape index (κ2) is 4.01. The Kier molecular flexibility index (Phi) is 2.55. The molecule has 2 heterocycles. The molecule has 2 aromatic heterocycles. The minimum absolute atomic E-state index is 0.121. The zero-order valence-corrected chi connectivity index (χ0v) is 8.06. The molecule has 7 nitrogen and oxygen atoms in total. The van der Waals surface area contributed by atoms with Crippen LogP contribution in [-0.4, -0.2) is 31.3 Å². The smallest absolute Gasteiger partial charge is 0.280 e. The van der Waals surface area contributed by atoms with Gasteiger partial charge in [0, 0.05) is 6.20 Å². The molecule has 0 atom stereocenters. The van der Waals surface area contributed by atoms with Gasteiger partial charge < -0.3 is 0 Å². The van der Waals surface area contributed by atoms with Crippen LogP contribution in [0.5, 0.6) is 0 Å². The summed E-state index contributed by atoms with van der Waals surface area (Å²) in [5, 5.41) is 12.1. The fourth-order valence-electron chi connectivity index (χ4n) is 0.873. The van der Waals surface area contributed by atoms with Gasteiger partial charge >= 0.3 is 0 Å². The third kappa shape index (κ3) is 2.26. The lowest BCUT2D eigenvalue weighted by atomic mass is 10.4. The summed E-state index contributed by atoms with van der Waals surface area (Å²) >= 11 is 5.62. The molecular weight excluding hydrogens is 220 g/mol. The van der Waals surface area contributed by atoms with Crippen molar-refractivity contribution in [2.75, 3.05) is 5.32 Å². The molecule has 0 saturated heterocycles. The lowest BCUT2D eigenvalue weighted by molar-refractivity contribution is 0.102. The third-order valence-electron chi connectivity index (χ3n) is 1.49. The highest BCUT2D eigenvalue weighted by atomic mass is 35.5. The Hall–Kier alpha value is -2.02. The number of rotatable bonds is 2. The van der Waals surface area contributed by atoms with Crippen LogP contribution in [-0.2, 0) is 0 Å². The van der Waals surface area contributed by atoms with E-state index in [-0.39, 0.29) is 16.8 Å². The van der Waals surface area contributed by atoms with Crippen LogP contribution in [0, 0.1) is 0 Å². The van der Waals surface area contributed by atoms with E-state index in [1.54, 1.807) is 0 Å². The molecule has 0 bridgehead atoms. The Labute approximate surface area is 88.9 Å². The molecule has 0 saturated carbocycles. The third-order valence-corrected chi connectivity index (χ3v) is 1.71. The maximum absolute atomic E-state index is 11.4. The number of carbonyl (C=O) groups is 1. The van der Waals surface area contributed by atoms with E-state index in [9.17, 15) is 4.79 Å². The van der Waals surface area contributed by atoms with Crippen molar-refractivity contribution in [2.45, 2.75) is 0 Å². The average Bonchev–Trinajstić information content (AvgIpc) is 2.70. The molecule has 0 aliphatic heterocycles. The van der Waals surface area contributed by atoms with E-state index in [2.05, 4.69) is 30.7 Å². The number of anilines is 1. The highest BCUT2D eigenvalue weighted by molar-refractivity contribution is 6.29. The van der Waals surface area contributed by atoms with E-state index in [0.717, 1.165) is 0 Å². The van der Waals surface area contributed by atoms with Gasteiger partial charge in [0.1, 0.15) is 5.15 Å². The maximum atomic E-state index is 11.4. The van der Waals surface area contributed by atoms with Crippen molar-refractivity contribution in [2.24, 2.45) is 0 Å². The predicted molar refractivity (Wildman–Crippen MR) is 51.4 cm³/mol. The number of carbonyl (C=O) groups excluding carboxylic acids is 1. The number of nitrogens with zero attached hydrogens (tertiary/aromatic N) is 4. The minimum Gasteiger partial charge on any atom is -0.289 e. The molecule has 0 spiro atoms. The van der Waals surface area contributed by atoms with E-state index in [1.807, 2.05) is 0 Å². The van der Waals surface area contributed by atoms with Crippen molar-refractivity contribution < 1.29 is 4.79 Å². The lowest BCUT2D eigenvalue weighted by Crippen LogP contribution is -2.14. The molecule has 1 amide bonds. The first kappa shape index (κ1) is 9.53. The Morgan fingerprint density at radius 2 is 2.40 bits per heavy atom. The first-order valence-corrected chi connectivity index (χ1v) is 4.29. The number of hydrogen-bond donors (Lipinski definition) is 2. The minimum atomic E-state index is -0.453. The summed E-state index contributed by atoms with van der Waals surface area (Å²) in [6.07, 6.45) is 2.73. The topological polar surface area (TPSA) is 96.5 Å². The van der Waals surface area contributed by atoms with Gasteiger partial charge in [-0.3, -0.25) is 10.1 Å². The molecule has 0 aliphatic rings. The second-order valence-corrected chi connectivity index (χ2v) is 2.90. The molecule has 0 radical (unpaired) electrons. The molecule has 0 aliphatic carbocycles. The summed E-state index contributed by atoms with van der Waals surface area (Å²) in [5.41, 5.74) is 0.151. The highest BCUT2D eigenvalue weighted by Crippen LogP contribution is 2.06. The highest BCUT2D eigenvalue weighted by Gasteiger charge is 2.10. The SMILES string of the molecule is O=C(Nc1nccc(Cl)n1)c1cn[nH]n1. The van der Waals surface area contributed by atoms with Gasteiger partial charge in [-0.2, -0.15) is 15.4 Å². The Morgan fingerprint density at radius 3 is 3.07 bits per heavy atom. The number of aromatic nitrogens is 5. The van der Waals surface area contributed by atoms with Crippen LogP contribution in [0.3, 0.4) is 0 Å². The van der Waals surface area contributed by atoms with Crippen molar-refractivity contribution >= 4 is 23.5 Å². The number of aromatic amines is 1. The molecule has 15 heavy (non-hydrogen) atoms. The van der Waals surface area contributed by atoms with Crippen LogP contribution in [0.25, 0.3) is 0 Å². The molecule has 2 N–H and O–H groups in total. The van der Waals surface area contributed by atoms with Gasteiger partial charge in [-0.1, -0.05) is 11.6 Å². The lowest BCUT2D eigenvalue weighted by Gasteiger charge is -1.99. The normalized spacial score (nSPS) is 9.93. The van der Waals surface area contributed by atoms with Crippen LogP contribution >= 0.6 is 11.6 Å². The van der Waals surface area contributed by atoms with Crippen molar-refractivity contribution in [3.05, 3.63) is 29.3 Å². The standard InChI is InChI=1S/C7H5ClN6O/c8-5-1-2-9-7(11-5)12-6(15)4-3-10-14-13-4/h1-3H,(H,10,13,14)(H,9,11,12,15). The molecular formula is C7H5ClN6O. The number of halogens is 1. The van der Waals surface area contributed by atoms with E-state index in [1.165, 1.54) is 18.5 Å². The van der Waals surface area contributed by atoms with E-state index in [4.69, 9.17) is 11.6 Å². The van der Waals surface area contributed by atoms with E-state index < -0.39 is 5.91 Å². The van der Waals surface area contributed by atoms with Crippen LogP contribution in [0.15, 0.2) is 18.5 Å². The average molecular weight is 225 g/mol. The largest absolute Gasteiger partial charge is 0.289 e. The fourth-order valence-corrected chi connectivity index (χ4v) is 1.01. The number of nitrogens with one attached hydrogen (secondary N) is 2. The summed E-state index contributed by atoms with van der Waals surface area (Å²) in [5.74, 6) is -0.332. The monoisotopic (exact) mass is 224 g/mol. The van der Waals surface area contributed by atoms with Crippen LogP contribution in [0.2, 0.25) is 5.15 Å². The predicted octanol–water partition coefficient (Wildman–Crippen LogP) is 0.500.